The van der Waals surface area contributed by atoms with Crippen molar-refractivity contribution in [1.29, 1.82) is 0 Å². The zero-order chi connectivity index (χ0) is 22.2. The molecule has 0 bridgehead atoms. The number of fused-ring (bicyclic) bond motifs is 2. The average molecular weight is 445 g/mol. The van der Waals surface area contributed by atoms with Crippen molar-refractivity contribution in [3.63, 3.8) is 0 Å². The van der Waals surface area contributed by atoms with Crippen LogP contribution in [0.4, 0.5) is 10.1 Å². The highest BCUT2D eigenvalue weighted by Gasteiger charge is 2.47. The Balaban J connectivity index is 1.74. The highest BCUT2D eigenvalue weighted by Crippen LogP contribution is 2.48. The maximum absolute atomic E-state index is 14.3. The second kappa shape index (κ2) is 8.09. The molecule has 0 atom stereocenters. The summed E-state index contributed by atoms with van der Waals surface area (Å²) in [4.78, 5) is 17.2. The minimum absolute atomic E-state index is 0.0195. The first-order valence-electron chi connectivity index (χ1n) is 10.2. The average Bonchev–Trinajstić information content (AvgIpc) is 3.02. The molecule has 0 saturated carbocycles. The summed E-state index contributed by atoms with van der Waals surface area (Å²) in [6.45, 7) is 6.65. The van der Waals surface area contributed by atoms with Crippen molar-refractivity contribution < 1.29 is 21.8 Å². The zero-order valence-electron chi connectivity index (χ0n) is 17.4. The van der Waals surface area contributed by atoms with E-state index in [2.05, 4.69) is 11.5 Å². The largest absolute Gasteiger partial charge is 0.383 e. The standard InChI is InChI=1S/C23H25FN2O4S/c1-3-12-25-13-10-23(11-14-25)16-26(22(27)18-6-4-5-7-20(18)24)21-9-8-17(15-19(21)23)30-31(2,28)29/h3-9,15H,1,10-14,16H2,2H3. The lowest BCUT2D eigenvalue weighted by Gasteiger charge is -2.39. The summed E-state index contributed by atoms with van der Waals surface area (Å²) >= 11 is 0. The molecule has 0 N–H and O–H groups in total. The molecular formula is C23H25FN2O4S. The molecule has 2 aliphatic heterocycles. The summed E-state index contributed by atoms with van der Waals surface area (Å²) in [6.07, 6.45) is 4.44. The zero-order valence-corrected chi connectivity index (χ0v) is 18.2. The molecule has 0 radical (unpaired) electrons. The first kappa shape index (κ1) is 21.5. The van der Waals surface area contributed by atoms with E-state index in [-0.39, 0.29) is 16.7 Å². The Hall–Kier alpha value is -2.71. The van der Waals surface area contributed by atoms with Crippen molar-refractivity contribution in [2.24, 2.45) is 0 Å². The highest BCUT2D eigenvalue weighted by atomic mass is 32.2. The van der Waals surface area contributed by atoms with Gasteiger partial charge >= 0.3 is 10.1 Å². The number of hydrogen-bond donors (Lipinski definition) is 0. The molecule has 1 fully saturated rings. The van der Waals surface area contributed by atoms with Crippen molar-refractivity contribution in [3.05, 3.63) is 72.1 Å². The Morgan fingerprint density at radius 1 is 1.23 bits per heavy atom. The fourth-order valence-electron chi connectivity index (χ4n) is 4.61. The Morgan fingerprint density at radius 2 is 1.94 bits per heavy atom. The van der Waals surface area contributed by atoms with E-state index in [1.807, 2.05) is 6.08 Å². The number of benzene rings is 2. The lowest BCUT2D eigenvalue weighted by molar-refractivity contribution is 0.0974. The molecule has 4 rings (SSSR count). The second-order valence-corrected chi connectivity index (χ2v) is 9.78. The van der Waals surface area contributed by atoms with E-state index in [1.54, 1.807) is 29.2 Å². The van der Waals surface area contributed by atoms with E-state index >= 15 is 0 Å². The van der Waals surface area contributed by atoms with Gasteiger partial charge in [0.2, 0.25) is 0 Å². The quantitative estimate of drug-likeness (QED) is 0.523. The molecule has 0 aliphatic carbocycles. The number of hydrogen-bond acceptors (Lipinski definition) is 5. The van der Waals surface area contributed by atoms with E-state index in [0.29, 0.717) is 12.2 Å². The molecule has 0 unspecified atom stereocenters. The maximum Gasteiger partial charge on any atom is 0.306 e. The summed E-state index contributed by atoms with van der Waals surface area (Å²) in [5.41, 5.74) is 1.22. The molecule has 2 aromatic carbocycles. The van der Waals surface area contributed by atoms with Crippen LogP contribution in [0.2, 0.25) is 0 Å². The Morgan fingerprint density at radius 3 is 2.58 bits per heavy atom. The van der Waals surface area contributed by atoms with Gasteiger partial charge in [0.05, 0.1) is 11.8 Å². The van der Waals surface area contributed by atoms with Gasteiger partial charge in [-0.1, -0.05) is 18.2 Å². The molecule has 1 spiro atoms. The van der Waals surface area contributed by atoms with Crippen LogP contribution in [0, 0.1) is 5.82 Å². The molecule has 2 aromatic rings. The Labute approximate surface area is 182 Å². The summed E-state index contributed by atoms with van der Waals surface area (Å²) in [5, 5.41) is 0. The SMILES string of the molecule is C=CCN1CCC2(CC1)CN(C(=O)c1ccccc1F)c1ccc(OS(C)(=O)=O)cc12. The van der Waals surface area contributed by atoms with Gasteiger partial charge in [0, 0.05) is 24.2 Å². The monoisotopic (exact) mass is 444 g/mol. The van der Waals surface area contributed by atoms with Gasteiger partial charge in [-0.3, -0.25) is 9.69 Å². The fourth-order valence-corrected chi connectivity index (χ4v) is 5.06. The molecule has 2 heterocycles. The van der Waals surface area contributed by atoms with Gasteiger partial charge in [0.25, 0.3) is 5.91 Å². The normalized spacial score (nSPS) is 18.1. The third-order valence-corrected chi connectivity index (χ3v) is 6.58. The predicted octanol–water partition coefficient (Wildman–Crippen LogP) is 3.34. The summed E-state index contributed by atoms with van der Waals surface area (Å²) < 4.78 is 42.7. The Kier molecular flexibility index (Phi) is 5.61. The highest BCUT2D eigenvalue weighted by molar-refractivity contribution is 7.86. The van der Waals surface area contributed by atoms with E-state index in [4.69, 9.17) is 4.18 Å². The molecule has 1 saturated heterocycles. The minimum atomic E-state index is -3.68. The van der Waals surface area contributed by atoms with Gasteiger partial charge in [-0.25, -0.2) is 4.39 Å². The van der Waals surface area contributed by atoms with Crippen LogP contribution in [0.5, 0.6) is 5.75 Å². The lowest BCUT2D eigenvalue weighted by atomic mass is 9.74. The summed E-state index contributed by atoms with van der Waals surface area (Å²) in [5.74, 6) is -0.747. The number of carbonyl (C=O) groups excluding carboxylic acids is 1. The van der Waals surface area contributed by atoms with Crippen LogP contribution < -0.4 is 9.08 Å². The predicted molar refractivity (Wildman–Crippen MR) is 118 cm³/mol. The van der Waals surface area contributed by atoms with Gasteiger partial charge < -0.3 is 9.08 Å². The molecule has 2 aliphatic rings. The molecule has 6 nitrogen and oxygen atoms in total. The van der Waals surface area contributed by atoms with Crippen molar-refractivity contribution in [2.75, 3.05) is 37.3 Å². The lowest BCUT2D eigenvalue weighted by Crippen LogP contribution is -2.46. The third-order valence-electron chi connectivity index (χ3n) is 6.09. The molecule has 164 valence electrons. The van der Waals surface area contributed by atoms with E-state index in [9.17, 15) is 17.6 Å². The van der Waals surface area contributed by atoms with Gasteiger partial charge in [0.15, 0.2) is 0 Å². The van der Waals surface area contributed by atoms with Crippen LogP contribution in [0.1, 0.15) is 28.8 Å². The molecule has 0 aromatic heterocycles. The number of anilines is 1. The second-order valence-electron chi connectivity index (χ2n) is 8.21. The van der Waals surface area contributed by atoms with Crippen LogP contribution in [-0.4, -0.2) is 51.7 Å². The third kappa shape index (κ3) is 4.22. The van der Waals surface area contributed by atoms with E-state index in [0.717, 1.165) is 44.3 Å². The van der Waals surface area contributed by atoms with Crippen LogP contribution in [0.3, 0.4) is 0 Å². The van der Waals surface area contributed by atoms with Crippen molar-refractivity contribution in [3.8, 4) is 5.75 Å². The number of rotatable bonds is 5. The molecular weight excluding hydrogens is 419 g/mol. The number of carbonyl (C=O) groups is 1. The summed E-state index contributed by atoms with van der Waals surface area (Å²) in [6, 6.07) is 10.9. The van der Waals surface area contributed by atoms with Crippen LogP contribution >= 0.6 is 0 Å². The van der Waals surface area contributed by atoms with Crippen LogP contribution in [-0.2, 0) is 15.5 Å². The van der Waals surface area contributed by atoms with E-state index in [1.165, 1.54) is 18.2 Å². The van der Waals surface area contributed by atoms with Crippen molar-refractivity contribution in [1.82, 2.24) is 4.90 Å². The smallest absolute Gasteiger partial charge is 0.306 e. The number of amides is 1. The van der Waals surface area contributed by atoms with E-state index < -0.39 is 21.8 Å². The van der Waals surface area contributed by atoms with Gasteiger partial charge in [0.1, 0.15) is 11.6 Å². The molecule has 1 amide bonds. The number of halogens is 1. The molecule has 31 heavy (non-hydrogen) atoms. The number of likely N-dealkylation sites (tertiary alicyclic amines) is 1. The fraction of sp³-hybridized carbons (Fsp3) is 0.348. The first-order valence-corrected chi connectivity index (χ1v) is 12.0. The van der Waals surface area contributed by atoms with Crippen molar-refractivity contribution >= 4 is 21.7 Å². The number of piperidine rings is 1. The maximum atomic E-state index is 14.3. The topological polar surface area (TPSA) is 66.9 Å². The minimum Gasteiger partial charge on any atom is -0.383 e. The van der Waals surface area contributed by atoms with Crippen molar-refractivity contribution in [2.45, 2.75) is 18.3 Å². The molecule has 8 heteroatoms. The number of nitrogens with zero attached hydrogens (tertiary/aromatic N) is 2. The van der Waals surface area contributed by atoms with Gasteiger partial charge in [-0.15, -0.1) is 6.58 Å². The van der Waals surface area contributed by atoms with Gasteiger partial charge in [-0.2, -0.15) is 8.42 Å². The van der Waals surface area contributed by atoms with Gasteiger partial charge in [-0.05, 0) is 61.8 Å². The first-order chi connectivity index (χ1) is 14.7. The van der Waals surface area contributed by atoms with Crippen LogP contribution in [0.15, 0.2) is 55.1 Å². The summed E-state index contributed by atoms with van der Waals surface area (Å²) in [7, 11) is -3.68. The Bertz CT molecular complexity index is 1120. The van der Waals surface area contributed by atoms with Crippen LogP contribution in [0.25, 0.3) is 0 Å².